The zero-order chi connectivity index (χ0) is 23.5. The van der Waals surface area contributed by atoms with E-state index in [-0.39, 0.29) is 27.9 Å². The number of benzene rings is 3. The molecule has 0 saturated heterocycles. The van der Waals surface area contributed by atoms with E-state index in [0.717, 1.165) is 0 Å². The highest BCUT2D eigenvalue weighted by atomic mass is 35.5. The van der Waals surface area contributed by atoms with Gasteiger partial charge in [-0.15, -0.1) is 0 Å². The molecule has 0 unspecified atom stereocenters. The lowest BCUT2D eigenvalue weighted by atomic mass is 10.1. The van der Waals surface area contributed by atoms with Crippen molar-refractivity contribution in [1.29, 1.82) is 0 Å². The van der Waals surface area contributed by atoms with Gasteiger partial charge in [0.15, 0.2) is 0 Å². The van der Waals surface area contributed by atoms with Crippen molar-refractivity contribution in [3.63, 3.8) is 0 Å². The molecule has 4 aromatic rings. The molecule has 0 aliphatic carbocycles. The summed E-state index contributed by atoms with van der Waals surface area (Å²) in [6.07, 6.45) is 1.54. The Morgan fingerprint density at radius 2 is 1.79 bits per heavy atom. The maximum Gasteiger partial charge on any atom is 0.308 e. The van der Waals surface area contributed by atoms with E-state index in [1.165, 1.54) is 26.0 Å². The van der Waals surface area contributed by atoms with Crippen molar-refractivity contribution in [2.24, 2.45) is 5.10 Å². The minimum Gasteiger partial charge on any atom is -0.456 e. The van der Waals surface area contributed by atoms with E-state index < -0.39 is 17.4 Å². The second kappa shape index (κ2) is 9.13. The number of esters is 2. The maximum absolute atomic E-state index is 13.3. The van der Waals surface area contributed by atoms with E-state index in [4.69, 9.17) is 25.5 Å². The molecule has 33 heavy (non-hydrogen) atoms. The maximum atomic E-state index is 13.3. The van der Waals surface area contributed by atoms with Crippen LogP contribution >= 0.6 is 11.6 Å². The summed E-state index contributed by atoms with van der Waals surface area (Å²) in [6, 6.07) is 14.7. The highest BCUT2D eigenvalue weighted by molar-refractivity contribution is 6.30. The van der Waals surface area contributed by atoms with Gasteiger partial charge in [-0.2, -0.15) is 5.10 Å². The number of fused-ring (bicyclic) bond motifs is 2. The molecular formula is C24H17ClN2O6. The van der Waals surface area contributed by atoms with Crippen molar-refractivity contribution in [2.75, 3.05) is 5.43 Å². The molecule has 0 saturated carbocycles. The molecule has 0 atom stereocenters. The third-order valence-corrected chi connectivity index (χ3v) is 4.72. The molecular weight excluding hydrogens is 448 g/mol. The minimum absolute atomic E-state index is 0.0553. The van der Waals surface area contributed by atoms with Crippen LogP contribution in [0.2, 0.25) is 5.02 Å². The fraction of sp³-hybridized carbons (Fsp3) is 0.0833. The number of hydrazone groups is 1. The molecule has 0 bridgehead atoms. The second-order valence-corrected chi connectivity index (χ2v) is 7.49. The van der Waals surface area contributed by atoms with Crippen LogP contribution in [0.25, 0.3) is 21.9 Å². The molecule has 0 radical (unpaired) electrons. The molecule has 166 valence electrons. The van der Waals surface area contributed by atoms with Gasteiger partial charge in [-0.25, -0.2) is 0 Å². The Labute approximate surface area is 192 Å². The van der Waals surface area contributed by atoms with Gasteiger partial charge < -0.3 is 13.9 Å². The summed E-state index contributed by atoms with van der Waals surface area (Å²) in [5.74, 6) is -1.18. The first-order chi connectivity index (χ1) is 15.8. The molecule has 0 amide bonds. The number of carbonyl (C=O) groups is 2. The van der Waals surface area contributed by atoms with Crippen LogP contribution in [0.5, 0.6) is 11.5 Å². The van der Waals surface area contributed by atoms with Gasteiger partial charge in [-0.1, -0.05) is 17.7 Å². The number of rotatable bonds is 5. The summed E-state index contributed by atoms with van der Waals surface area (Å²) in [7, 11) is 0. The van der Waals surface area contributed by atoms with Crippen molar-refractivity contribution in [2.45, 2.75) is 13.8 Å². The Morgan fingerprint density at radius 3 is 2.52 bits per heavy atom. The van der Waals surface area contributed by atoms with Crippen LogP contribution in [0.4, 0.5) is 5.69 Å². The van der Waals surface area contributed by atoms with E-state index >= 15 is 0 Å². The summed E-state index contributed by atoms with van der Waals surface area (Å²) in [6.45, 7) is 2.44. The largest absolute Gasteiger partial charge is 0.456 e. The van der Waals surface area contributed by atoms with Gasteiger partial charge in [0.25, 0.3) is 0 Å². The molecule has 0 aliphatic heterocycles. The highest BCUT2D eigenvalue weighted by Crippen LogP contribution is 2.32. The normalized spacial score (nSPS) is 11.1. The monoisotopic (exact) mass is 464 g/mol. The molecule has 0 fully saturated rings. The summed E-state index contributed by atoms with van der Waals surface area (Å²) < 4.78 is 16.1. The second-order valence-electron chi connectivity index (χ2n) is 7.05. The van der Waals surface area contributed by atoms with Crippen molar-refractivity contribution >= 4 is 57.4 Å². The van der Waals surface area contributed by atoms with Gasteiger partial charge in [0.1, 0.15) is 28.1 Å². The van der Waals surface area contributed by atoms with Crippen LogP contribution in [0.15, 0.2) is 68.9 Å². The Balaban J connectivity index is 1.77. The molecule has 0 aliphatic rings. The predicted molar refractivity (Wildman–Crippen MR) is 125 cm³/mol. The number of carbonyl (C=O) groups excluding carboxylic acids is 2. The van der Waals surface area contributed by atoms with Crippen LogP contribution in [0.1, 0.15) is 19.4 Å². The summed E-state index contributed by atoms with van der Waals surface area (Å²) in [5.41, 5.74) is 4.22. The quantitative estimate of drug-likeness (QED) is 0.147. The van der Waals surface area contributed by atoms with Gasteiger partial charge in [0.05, 0.1) is 17.3 Å². The van der Waals surface area contributed by atoms with Crippen molar-refractivity contribution in [1.82, 2.24) is 0 Å². The molecule has 1 N–H and O–H groups in total. The lowest BCUT2D eigenvalue weighted by Gasteiger charge is -2.10. The molecule has 4 rings (SSSR count). The van der Waals surface area contributed by atoms with Crippen LogP contribution < -0.4 is 20.3 Å². The van der Waals surface area contributed by atoms with E-state index in [9.17, 15) is 14.4 Å². The van der Waals surface area contributed by atoms with Gasteiger partial charge in [-0.3, -0.25) is 19.8 Å². The first-order valence-electron chi connectivity index (χ1n) is 9.76. The molecule has 8 nitrogen and oxygen atoms in total. The number of nitrogens with zero attached hydrogens (tertiary/aromatic N) is 1. The number of hydrogen-bond donors (Lipinski definition) is 1. The fourth-order valence-electron chi connectivity index (χ4n) is 3.22. The van der Waals surface area contributed by atoms with E-state index in [1.807, 2.05) is 6.07 Å². The fourth-order valence-corrected chi connectivity index (χ4v) is 3.41. The number of nitrogens with one attached hydrogen (secondary N) is 1. The van der Waals surface area contributed by atoms with E-state index in [0.29, 0.717) is 21.9 Å². The van der Waals surface area contributed by atoms with Crippen LogP contribution in [0.3, 0.4) is 0 Å². The molecule has 1 heterocycles. The van der Waals surface area contributed by atoms with Gasteiger partial charge in [-0.05, 0) is 42.0 Å². The predicted octanol–water partition coefficient (Wildman–Crippen LogP) is 4.90. The molecule has 1 aromatic heterocycles. The Hall–Kier alpha value is -4.17. The Kier molecular flexibility index (Phi) is 6.10. The zero-order valence-corrected chi connectivity index (χ0v) is 18.3. The minimum atomic E-state index is -0.635. The Bertz CT molecular complexity index is 1490. The molecule has 9 heteroatoms. The number of anilines is 1. The zero-order valence-electron chi connectivity index (χ0n) is 17.5. The van der Waals surface area contributed by atoms with E-state index in [1.54, 1.807) is 42.6 Å². The van der Waals surface area contributed by atoms with Crippen molar-refractivity contribution in [3.8, 4) is 11.5 Å². The van der Waals surface area contributed by atoms with Gasteiger partial charge in [0.2, 0.25) is 5.43 Å². The third-order valence-electron chi connectivity index (χ3n) is 4.48. The van der Waals surface area contributed by atoms with Crippen LogP contribution in [0, 0.1) is 0 Å². The summed E-state index contributed by atoms with van der Waals surface area (Å²) in [5, 5.41) is 5.06. The lowest BCUT2D eigenvalue weighted by Crippen LogP contribution is -2.10. The van der Waals surface area contributed by atoms with Crippen LogP contribution in [-0.2, 0) is 9.59 Å². The SMILES string of the molecule is CC(=O)Oc1cc(OC(C)=O)c2c(=O)c3cc(/C=N/Nc4cccc(Cl)c4)ccc3oc2c1. The summed E-state index contributed by atoms with van der Waals surface area (Å²) >= 11 is 5.96. The van der Waals surface area contributed by atoms with Crippen molar-refractivity contribution < 1.29 is 23.5 Å². The highest BCUT2D eigenvalue weighted by Gasteiger charge is 2.17. The standard InChI is InChI=1S/C24H17ClN2O6/c1-13(28)31-18-10-21(32-14(2)29)23-22(11-18)33-20-7-6-15(8-19(20)24(23)30)12-26-27-17-5-3-4-16(25)9-17/h3-12,27H,1-2H3/b26-12+. The van der Waals surface area contributed by atoms with Gasteiger partial charge in [0, 0.05) is 31.0 Å². The molecule has 0 spiro atoms. The average molecular weight is 465 g/mol. The third kappa shape index (κ3) is 5.02. The molecule has 3 aromatic carbocycles. The van der Waals surface area contributed by atoms with Crippen molar-refractivity contribution in [3.05, 3.63) is 75.4 Å². The number of ether oxygens (including phenoxy) is 2. The average Bonchev–Trinajstić information content (AvgIpc) is 2.73. The lowest BCUT2D eigenvalue weighted by molar-refractivity contribution is -0.132. The number of halogens is 1. The summed E-state index contributed by atoms with van der Waals surface area (Å²) in [4.78, 5) is 36.2. The Morgan fingerprint density at radius 1 is 1.00 bits per heavy atom. The van der Waals surface area contributed by atoms with Crippen LogP contribution in [-0.4, -0.2) is 18.2 Å². The van der Waals surface area contributed by atoms with E-state index in [2.05, 4.69) is 10.5 Å². The van der Waals surface area contributed by atoms with Gasteiger partial charge >= 0.3 is 11.9 Å². The number of hydrogen-bond acceptors (Lipinski definition) is 8. The first-order valence-corrected chi connectivity index (χ1v) is 10.1. The first kappa shape index (κ1) is 22.0. The topological polar surface area (TPSA) is 107 Å². The smallest absolute Gasteiger partial charge is 0.308 e.